The van der Waals surface area contributed by atoms with Gasteiger partial charge in [0.25, 0.3) is 0 Å². The molecule has 2 heterocycles. The average Bonchev–Trinajstić information content (AvgIpc) is 3.22. The first kappa shape index (κ1) is 22.7. The predicted octanol–water partition coefficient (Wildman–Crippen LogP) is 3.96. The largest absolute Gasteiger partial charge is 0.465 e. The number of benzene rings is 2. The Morgan fingerprint density at radius 3 is 2.55 bits per heavy atom. The Bertz CT molecular complexity index is 1140. The van der Waals surface area contributed by atoms with Crippen molar-refractivity contribution >= 4 is 28.7 Å². The van der Waals surface area contributed by atoms with Gasteiger partial charge in [-0.2, -0.15) is 0 Å². The summed E-state index contributed by atoms with van der Waals surface area (Å²) in [5.41, 5.74) is 2.91. The van der Waals surface area contributed by atoms with E-state index in [-0.39, 0.29) is 24.8 Å². The van der Waals surface area contributed by atoms with Crippen molar-refractivity contribution in [2.45, 2.75) is 38.7 Å². The summed E-state index contributed by atoms with van der Waals surface area (Å²) in [6.07, 6.45) is 2.40. The molecule has 33 heavy (non-hydrogen) atoms. The number of likely N-dealkylation sites (tertiary alicyclic amines) is 1. The molecule has 2 aromatic carbocycles. The normalized spacial score (nSPS) is 14.5. The summed E-state index contributed by atoms with van der Waals surface area (Å²) in [6, 6.07) is 9.16. The van der Waals surface area contributed by atoms with Crippen LogP contribution in [0.15, 0.2) is 40.9 Å². The fourth-order valence-electron chi connectivity index (χ4n) is 4.33. The molecular weight excluding hydrogens is 429 g/mol. The predicted molar refractivity (Wildman–Crippen MR) is 119 cm³/mol. The van der Waals surface area contributed by atoms with Gasteiger partial charge in [-0.3, -0.25) is 4.79 Å². The van der Waals surface area contributed by atoms with E-state index < -0.39 is 6.09 Å². The molecule has 0 aliphatic carbocycles. The number of hydrogen-bond donors (Lipinski definition) is 3. The van der Waals surface area contributed by atoms with Gasteiger partial charge in [-0.15, -0.1) is 0 Å². The Labute approximate surface area is 190 Å². The van der Waals surface area contributed by atoms with Crippen LogP contribution in [0, 0.1) is 11.7 Å². The first-order chi connectivity index (χ1) is 15.9. The van der Waals surface area contributed by atoms with Crippen LogP contribution in [-0.4, -0.2) is 45.4 Å². The molecule has 2 amide bonds. The highest BCUT2D eigenvalue weighted by Gasteiger charge is 2.23. The van der Waals surface area contributed by atoms with E-state index in [1.807, 2.05) is 6.07 Å². The zero-order valence-electron chi connectivity index (χ0n) is 18.1. The molecule has 1 aliphatic heterocycles. The number of carbonyl (C=O) groups is 2. The van der Waals surface area contributed by atoms with E-state index in [4.69, 9.17) is 9.63 Å². The van der Waals surface area contributed by atoms with Crippen LogP contribution in [0.25, 0.3) is 11.0 Å². The van der Waals surface area contributed by atoms with Crippen molar-refractivity contribution in [3.63, 3.8) is 0 Å². The number of aromatic nitrogens is 1. The number of amides is 2. The minimum Gasteiger partial charge on any atom is -0.465 e. The van der Waals surface area contributed by atoms with Crippen molar-refractivity contribution in [1.29, 1.82) is 0 Å². The maximum absolute atomic E-state index is 13.0. The second-order valence-corrected chi connectivity index (χ2v) is 8.35. The van der Waals surface area contributed by atoms with Gasteiger partial charge in [0, 0.05) is 29.7 Å². The van der Waals surface area contributed by atoms with Gasteiger partial charge in [0.05, 0.1) is 18.7 Å². The molecule has 0 atom stereocenters. The summed E-state index contributed by atoms with van der Waals surface area (Å²) in [4.78, 5) is 24.9. The fourth-order valence-corrected chi connectivity index (χ4v) is 4.33. The average molecular weight is 455 g/mol. The minimum absolute atomic E-state index is 0.0292. The van der Waals surface area contributed by atoms with Gasteiger partial charge in [0.2, 0.25) is 5.91 Å². The SMILES string of the molecule is O=C(Cc1ccc2c(CCC3CCN(C(=O)O)CC3)noc2c1CO)Nc1ccc(F)cc1. The highest BCUT2D eigenvalue weighted by Crippen LogP contribution is 2.29. The van der Waals surface area contributed by atoms with Gasteiger partial charge in [-0.1, -0.05) is 11.2 Å². The number of rotatable bonds is 7. The lowest BCUT2D eigenvalue weighted by Crippen LogP contribution is -2.37. The van der Waals surface area contributed by atoms with Crippen molar-refractivity contribution in [2.75, 3.05) is 18.4 Å². The van der Waals surface area contributed by atoms with E-state index in [0.29, 0.717) is 47.8 Å². The second kappa shape index (κ2) is 9.99. The van der Waals surface area contributed by atoms with Crippen molar-refractivity contribution in [1.82, 2.24) is 10.1 Å². The molecule has 3 N–H and O–H groups in total. The highest BCUT2D eigenvalue weighted by atomic mass is 19.1. The number of anilines is 1. The summed E-state index contributed by atoms with van der Waals surface area (Å²) >= 11 is 0. The lowest BCUT2D eigenvalue weighted by Gasteiger charge is -2.29. The van der Waals surface area contributed by atoms with Gasteiger partial charge in [-0.05, 0) is 67.5 Å². The zero-order valence-corrected chi connectivity index (χ0v) is 18.1. The molecule has 1 aromatic heterocycles. The molecule has 4 rings (SSSR count). The Balaban J connectivity index is 1.42. The van der Waals surface area contributed by atoms with Crippen LogP contribution in [0.1, 0.15) is 36.1 Å². The third-order valence-corrected chi connectivity index (χ3v) is 6.23. The number of hydrogen-bond acceptors (Lipinski definition) is 5. The highest BCUT2D eigenvalue weighted by molar-refractivity contribution is 5.93. The van der Waals surface area contributed by atoms with E-state index in [1.165, 1.54) is 29.2 Å². The lowest BCUT2D eigenvalue weighted by atomic mass is 9.91. The number of nitrogens with zero attached hydrogens (tertiary/aromatic N) is 2. The summed E-state index contributed by atoms with van der Waals surface area (Å²) < 4.78 is 18.6. The van der Waals surface area contributed by atoms with Gasteiger partial charge < -0.3 is 25.0 Å². The van der Waals surface area contributed by atoms with Crippen LogP contribution in [0.2, 0.25) is 0 Å². The molecule has 0 spiro atoms. The maximum atomic E-state index is 13.0. The minimum atomic E-state index is -0.866. The monoisotopic (exact) mass is 455 g/mol. The number of aliphatic hydroxyl groups is 1. The van der Waals surface area contributed by atoms with Gasteiger partial charge in [-0.25, -0.2) is 9.18 Å². The van der Waals surface area contributed by atoms with Crippen molar-refractivity contribution in [3.05, 3.63) is 59.0 Å². The van der Waals surface area contributed by atoms with Gasteiger partial charge in [0.1, 0.15) is 5.82 Å². The van der Waals surface area contributed by atoms with Crippen molar-refractivity contribution in [2.24, 2.45) is 5.92 Å². The molecule has 174 valence electrons. The standard InChI is InChI=1S/C24H26FN3O5/c25-17-3-5-18(6-4-17)26-22(30)13-16-2-7-19-21(27-33-23(19)20(16)14-29)8-1-15-9-11-28(12-10-15)24(31)32/h2-7,15,29H,1,8-14H2,(H,26,30)(H,31,32). The molecule has 1 fully saturated rings. The van der Waals surface area contributed by atoms with Crippen molar-refractivity contribution in [3.8, 4) is 0 Å². The Hall–Kier alpha value is -3.46. The summed E-state index contributed by atoms with van der Waals surface area (Å²) in [5.74, 6) is -0.241. The van der Waals surface area contributed by atoms with Crippen LogP contribution in [0.4, 0.5) is 14.9 Å². The third-order valence-electron chi connectivity index (χ3n) is 6.23. The smallest absolute Gasteiger partial charge is 0.407 e. The molecule has 0 radical (unpaired) electrons. The second-order valence-electron chi connectivity index (χ2n) is 8.35. The number of halogens is 1. The van der Waals surface area contributed by atoms with Crippen LogP contribution >= 0.6 is 0 Å². The Morgan fingerprint density at radius 1 is 1.15 bits per heavy atom. The van der Waals surface area contributed by atoms with E-state index in [1.54, 1.807) is 6.07 Å². The fraction of sp³-hybridized carbons (Fsp3) is 0.375. The van der Waals surface area contributed by atoms with Crippen LogP contribution < -0.4 is 5.32 Å². The molecule has 8 nitrogen and oxygen atoms in total. The molecule has 3 aromatic rings. The van der Waals surface area contributed by atoms with E-state index >= 15 is 0 Å². The zero-order chi connectivity index (χ0) is 23.4. The molecule has 0 bridgehead atoms. The quantitative estimate of drug-likeness (QED) is 0.497. The third kappa shape index (κ3) is 5.31. The van der Waals surface area contributed by atoms with E-state index in [0.717, 1.165) is 30.3 Å². The van der Waals surface area contributed by atoms with Crippen LogP contribution in [0.3, 0.4) is 0 Å². The number of nitrogens with one attached hydrogen (secondary N) is 1. The number of piperidine rings is 1. The van der Waals surface area contributed by atoms with Crippen LogP contribution in [-0.2, 0) is 24.2 Å². The van der Waals surface area contributed by atoms with Gasteiger partial charge in [0.15, 0.2) is 5.58 Å². The molecule has 0 unspecified atom stereocenters. The van der Waals surface area contributed by atoms with Crippen molar-refractivity contribution < 1.29 is 28.7 Å². The molecule has 1 aliphatic rings. The topological polar surface area (TPSA) is 116 Å². The number of aliphatic hydroxyl groups excluding tert-OH is 1. The Morgan fingerprint density at radius 2 is 1.88 bits per heavy atom. The van der Waals surface area contributed by atoms with E-state index in [2.05, 4.69) is 10.5 Å². The lowest BCUT2D eigenvalue weighted by molar-refractivity contribution is -0.115. The van der Waals surface area contributed by atoms with Crippen LogP contribution in [0.5, 0.6) is 0 Å². The Kier molecular flexibility index (Phi) is 6.88. The molecule has 0 saturated carbocycles. The number of carbonyl (C=O) groups excluding carboxylic acids is 1. The maximum Gasteiger partial charge on any atom is 0.407 e. The molecular formula is C24H26FN3O5. The van der Waals surface area contributed by atoms with E-state index in [9.17, 15) is 19.1 Å². The summed E-state index contributed by atoms with van der Waals surface area (Å²) in [6.45, 7) is 0.813. The number of carboxylic acid groups (broad SMARTS) is 1. The number of fused-ring (bicyclic) bond motifs is 1. The first-order valence-corrected chi connectivity index (χ1v) is 11.0. The first-order valence-electron chi connectivity index (χ1n) is 11.0. The number of aryl methyl sites for hydroxylation is 1. The summed E-state index contributed by atoms with van der Waals surface area (Å²) in [5, 5.41) is 26.8. The molecule has 1 saturated heterocycles. The van der Waals surface area contributed by atoms with Gasteiger partial charge >= 0.3 is 6.09 Å². The molecule has 9 heteroatoms. The summed E-state index contributed by atoms with van der Waals surface area (Å²) in [7, 11) is 0.